The molecule has 0 radical (unpaired) electrons. The summed E-state index contributed by atoms with van der Waals surface area (Å²) in [7, 11) is -2.14. The molecule has 1 aliphatic heterocycles. The van der Waals surface area contributed by atoms with Gasteiger partial charge < -0.3 is 10.1 Å². The van der Waals surface area contributed by atoms with E-state index >= 15 is 0 Å². The summed E-state index contributed by atoms with van der Waals surface area (Å²) in [5, 5.41) is 2.95. The number of nitrogens with one attached hydrogen (secondary N) is 1. The number of nitrogens with zero attached hydrogens (tertiary/aromatic N) is 1. The molecule has 0 unspecified atom stereocenters. The molecule has 0 aliphatic carbocycles. The van der Waals surface area contributed by atoms with Gasteiger partial charge in [-0.25, -0.2) is 12.8 Å². The lowest BCUT2D eigenvalue weighted by atomic mass is 10.1. The fourth-order valence-corrected chi connectivity index (χ4v) is 4.82. The van der Waals surface area contributed by atoms with Gasteiger partial charge in [-0.3, -0.25) is 4.79 Å². The number of hydrogen-bond donors (Lipinski definition) is 1. The van der Waals surface area contributed by atoms with Crippen molar-refractivity contribution < 1.29 is 22.3 Å². The average molecular weight is 421 g/mol. The number of hydrogen-bond acceptors (Lipinski definition) is 5. The molecule has 0 atom stereocenters. The van der Waals surface area contributed by atoms with Gasteiger partial charge in [0.1, 0.15) is 0 Å². The third-order valence-corrected chi connectivity index (χ3v) is 6.90. The molecule has 29 heavy (non-hydrogen) atoms. The van der Waals surface area contributed by atoms with E-state index in [1.165, 1.54) is 19.2 Å². The molecule has 0 spiro atoms. The second-order valence-electron chi connectivity index (χ2n) is 6.97. The van der Waals surface area contributed by atoms with Gasteiger partial charge in [0, 0.05) is 24.3 Å². The number of carbonyl (C=O) groups is 1. The van der Waals surface area contributed by atoms with Crippen molar-refractivity contribution in [1.29, 1.82) is 0 Å². The maximum atomic E-state index is 13.8. The van der Waals surface area contributed by atoms with Crippen molar-refractivity contribution in [2.24, 2.45) is 0 Å². The molecule has 1 saturated heterocycles. The maximum Gasteiger partial charge on any atom is 0.243 e. The van der Waals surface area contributed by atoms with E-state index < -0.39 is 15.8 Å². The summed E-state index contributed by atoms with van der Waals surface area (Å²) in [5.74, 6) is -0.801. The zero-order valence-electron chi connectivity index (χ0n) is 16.4. The Labute approximate surface area is 170 Å². The SMILES string of the molecule is COc1ccc(C(=O)CNc2ccc(S(=O)(=O)N3CCCCCC3)cc2)cc1F. The molecular formula is C21H25FN2O4S. The molecule has 1 fully saturated rings. The molecule has 0 saturated carbocycles. The van der Waals surface area contributed by atoms with E-state index in [1.807, 2.05) is 0 Å². The normalized spacial score (nSPS) is 15.5. The largest absolute Gasteiger partial charge is 0.494 e. The monoisotopic (exact) mass is 420 g/mol. The minimum absolute atomic E-state index is 0.0377. The fraction of sp³-hybridized carbons (Fsp3) is 0.381. The van der Waals surface area contributed by atoms with E-state index in [4.69, 9.17) is 4.74 Å². The summed E-state index contributed by atoms with van der Waals surface area (Å²) in [6.45, 7) is 1.06. The predicted molar refractivity (Wildman–Crippen MR) is 109 cm³/mol. The van der Waals surface area contributed by atoms with Gasteiger partial charge in [0.15, 0.2) is 17.3 Å². The number of halogens is 1. The Kier molecular flexibility index (Phi) is 6.87. The van der Waals surface area contributed by atoms with E-state index in [1.54, 1.807) is 28.6 Å². The summed E-state index contributed by atoms with van der Waals surface area (Å²) < 4.78 is 45.7. The Morgan fingerprint density at radius 1 is 1.07 bits per heavy atom. The van der Waals surface area contributed by atoms with Gasteiger partial charge in [-0.05, 0) is 55.3 Å². The van der Waals surface area contributed by atoms with Crippen LogP contribution in [0.25, 0.3) is 0 Å². The van der Waals surface area contributed by atoms with Gasteiger partial charge >= 0.3 is 0 Å². The van der Waals surface area contributed by atoms with E-state index in [9.17, 15) is 17.6 Å². The molecule has 2 aromatic carbocycles. The van der Waals surface area contributed by atoms with Crippen LogP contribution in [0.2, 0.25) is 0 Å². The van der Waals surface area contributed by atoms with Gasteiger partial charge in [0.05, 0.1) is 18.6 Å². The predicted octanol–water partition coefficient (Wildman–Crippen LogP) is 3.69. The number of Topliss-reactive ketones (excluding diaryl/α,β-unsaturated/α-hetero) is 1. The van der Waals surface area contributed by atoms with Crippen molar-refractivity contribution in [3.63, 3.8) is 0 Å². The Hall–Kier alpha value is -2.45. The second kappa shape index (κ2) is 9.37. The summed E-state index contributed by atoms with van der Waals surface area (Å²) in [6, 6.07) is 10.4. The van der Waals surface area contributed by atoms with Crippen molar-refractivity contribution in [3.05, 3.63) is 53.8 Å². The first-order valence-corrected chi connectivity index (χ1v) is 11.1. The number of ether oxygens (including phenoxy) is 1. The van der Waals surface area contributed by atoms with Crippen LogP contribution in [0.5, 0.6) is 5.75 Å². The van der Waals surface area contributed by atoms with Crippen molar-refractivity contribution >= 4 is 21.5 Å². The molecule has 0 aromatic heterocycles. The molecule has 0 amide bonds. The fourth-order valence-electron chi connectivity index (χ4n) is 3.30. The van der Waals surface area contributed by atoms with Crippen LogP contribution in [0.1, 0.15) is 36.0 Å². The summed E-state index contributed by atoms with van der Waals surface area (Å²) in [4.78, 5) is 12.5. The molecule has 1 N–H and O–H groups in total. The van der Waals surface area contributed by atoms with Gasteiger partial charge in [0.2, 0.25) is 10.0 Å². The highest BCUT2D eigenvalue weighted by Crippen LogP contribution is 2.22. The summed E-state index contributed by atoms with van der Waals surface area (Å²) in [6.07, 6.45) is 3.88. The van der Waals surface area contributed by atoms with Crippen LogP contribution < -0.4 is 10.1 Å². The summed E-state index contributed by atoms with van der Waals surface area (Å²) >= 11 is 0. The highest BCUT2D eigenvalue weighted by molar-refractivity contribution is 7.89. The lowest BCUT2D eigenvalue weighted by Gasteiger charge is -2.20. The average Bonchev–Trinajstić information content (AvgIpc) is 3.02. The van der Waals surface area contributed by atoms with Crippen LogP contribution in [0.15, 0.2) is 47.4 Å². The molecule has 1 aliphatic rings. The third kappa shape index (κ3) is 5.13. The van der Waals surface area contributed by atoms with E-state index in [0.717, 1.165) is 31.7 Å². The highest BCUT2D eigenvalue weighted by Gasteiger charge is 2.24. The van der Waals surface area contributed by atoms with Crippen molar-refractivity contribution in [2.45, 2.75) is 30.6 Å². The molecule has 2 aromatic rings. The molecule has 156 valence electrons. The Morgan fingerprint density at radius 3 is 2.31 bits per heavy atom. The minimum atomic E-state index is -3.50. The Morgan fingerprint density at radius 2 is 1.72 bits per heavy atom. The quantitative estimate of drug-likeness (QED) is 0.692. The molecule has 0 bridgehead atoms. The first-order chi connectivity index (χ1) is 13.9. The first-order valence-electron chi connectivity index (χ1n) is 9.62. The van der Waals surface area contributed by atoms with Crippen molar-refractivity contribution in [2.75, 3.05) is 32.1 Å². The lowest BCUT2D eigenvalue weighted by molar-refractivity contribution is 0.101. The van der Waals surface area contributed by atoms with Crippen LogP contribution in [0.4, 0.5) is 10.1 Å². The Balaban J connectivity index is 1.63. The van der Waals surface area contributed by atoms with Crippen LogP contribution in [0, 0.1) is 5.82 Å². The van der Waals surface area contributed by atoms with Crippen LogP contribution in [-0.2, 0) is 10.0 Å². The number of methoxy groups -OCH3 is 1. The number of rotatable bonds is 7. The van der Waals surface area contributed by atoms with E-state index in [0.29, 0.717) is 18.8 Å². The first kappa shape index (κ1) is 21.3. The molecule has 3 rings (SSSR count). The van der Waals surface area contributed by atoms with Gasteiger partial charge in [-0.15, -0.1) is 0 Å². The number of anilines is 1. The van der Waals surface area contributed by atoms with Gasteiger partial charge in [-0.1, -0.05) is 12.8 Å². The molecule has 8 heteroatoms. The lowest BCUT2D eigenvalue weighted by Crippen LogP contribution is -2.31. The Bertz CT molecular complexity index is 953. The number of sulfonamides is 1. The molecular weight excluding hydrogens is 395 g/mol. The van der Waals surface area contributed by atoms with Crippen LogP contribution >= 0.6 is 0 Å². The van der Waals surface area contributed by atoms with Crippen molar-refractivity contribution in [1.82, 2.24) is 4.31 Å². The zero-order valence-corrected chi connectivity index (χ0v) is 17.2. The minimum Gasteiger partial charge on any atom is -0.494 e. The van der Waals surface area contributed by atoms with Crippen molar-refractivity contribution in [3.8, 4) is 5.75 Å². The van der Waals surface area contributed by atoms with Crippen LogP contribution in [0.3, 0.4) is 0 Å². The highest BCUT2D eigenvalue weighted by atomic mass is 32.2. The van der Waals surface area contributed by atoms with Gasteiger partial charge in [0.25, 0.3) is 0 Å². The number of ketones is 1. The zero-order chi connectivity index (χ0) is 20.9. The van der Waals surface area contributed by atoms with Gasteiger partial charge in [-0.2, -0.15) is 4.31 Å². The van der Waals surface area contributed by atoms with E-state index in [2.05, 4.69) is 5.32 Å². The molecule has 1 heterocycles. The maximum absolute atomic E-state index is 13.8. The van der Waals surface area contributed by atoms with Crippen LogP contribution in [-0.4, -0.2) is 45.3 Å². The number of carbonyl (C=O) groups excluding carboxylic acids is 1. The molecule has 6 nitrogen and oxygen atoms in total. The standard InChI is InChI=1S/C21H25FN2O4S/c1-28-21-11-6-16(14-19(21)22)20(25)15-23-17-7-9-18(10-8-17)29(26,27)24-12-4-2-3-5-13-24/h6-11,14,23H,2-5,12-13,15H2,1H3. The topological polar surface area (TPSA) is 75.7 Å². The smallest absolute Gasteiger partial charge is 0.243 e. The second-order valence-corrected chi connectivity index (χ2v) is 8.91. The van der Waals surface area contributed by atoms with E-state index in [-0.39, 0.29) is 28.5 Å². The number of benzene rings is 2. The third-order valence-electron chi connectivity index (χ3n) is 4.98. The summed E-state index contributed by atoms with van der Waals surface area (Å²) in [5.41, 5.74) is 0.846.